The average Bonchev–Trinajstić information content (AvgIpc) is 2.75. The van der Waals surface area contributed by atoms with Gasteiger partial charge in [-0.1, -0.05) is 60.7 Å². The molecular weight excluding hydrogens is 368 g/mol. The van der Waals surface area contributed by atoms with E-state index in [0.717, 1.165) is 21.2 Å². The number of carbonyl (C=O) groups excluding carboxylic acids is 3. The fourth-order valence-electron chi connectivity index (χ4n) is 3.36. The zero-order valence-corrected chi connectivity index (χ0v) is 15.7. The first-order chi connectivity index (χ1) is 14.1. The number of nitrogens with zero attached hydrogens (tertiary/aromatic N) is 1. The number of urea groups is 1. The topological polar surface area (TPSA) is 75.7 Å². The molecule has 1 aliphatic rings. The molecule has 0 aliphatic carbocycles. The van der Waals surface area contributed by atoms with Gasteiger partial charge in [-0.25, -0.2) is 4.79 Å². The molecule has 6 nitrogen and oxygen atoms in total. The molecule has 144 valence electrons. The van der Waals surface area contributed by atoms with Crippen LogP contribution in [-0.4, -0.2) is 29.9 Å². The summed E-state index contributed by atoms with van der Waals surface area (Å²) < 4.78 is 5.39. The highest BCUT2D eigenvalue weighted by molar-refractivity contribution is 6.31. The zero-order valence-electron chi connectivity index (χ0n) is 15.7. The summed E-state index contributed by atoms with van der Waals surface area (Å²) in [4.78, 5) is 38.6. The van der Waals surface area contributed by atoms with Crippen LogP contribution in [-0.2, 0) is 16.1 Å². The number of ether oxygens (including phenoxy) is 1. The number of benzene rings is 3. The molecule has 0 aromatic heterocycles. The summed E-state index contributed by atoms with van der Waals surface area (Å²) in [5.74, 6) is -0.630. The Kier molecular flexibility index (Phi) is 4.83. The minimum absolute atomic E-state index is 0.0828. The molecule has 1 saturated heterocycles. The number of hydrogen-bond donors (Lipinski definition) is 1. The van der Waals surface area contributed by atoms with Crippen LogP contribution in [0.2, 0.25) is 0 Å². The molecule has 4 amide bonds. The summed E-state index contributed by atoms with van der Waals surface area (Å²) in [5, 5.41) is 3.96. The summed E-state index contributed by atoms with van der Waals surface area (Å²) in [7, 11) is 1.59. The predicted octanol–water partition coefficient (Wildman–Crippen LogP) is 3.51. The van der Waals surface area contributed by atoms with Gasteiger partial charge >= 0.3 is 6.03 Å². The van der Waals surface area contributed by atoms with Crippen molar-refractivity contribution in [2.24, 2.45) is 0 Å². The Morgan fingerprint density at radius 3 is 2.31 bits per heavy atom. The average molecular weight is 386 g/mol. The van der Waals surface area contributed by atoms with Gasteiger partial charge in [-0.2, -0.15) is 0 Å². The van der Waals surface area contributed by atoms with Gasteiger partial charge in [0.15, 0.2) is 0 Å². The van der Waals surface area contributed by atoms with Gasteiger partial charge in [0.2, 0.25) is 0 Å². The van der Waals surface area contributed by atoms with E-state index in [0.29, 0.717) is 11.3 Å². The number of rotatable bonds is 4. The van der Waals surface area contributed by atoms with Crippen molar-refractivity contribution in [2.45, 2.75) is 6.54 Å². The third-order valence-electron chi connectivity index (χ3n) is 4.81. The summed E-state index contributed by atoms with van der Waals surface area (Å²) in [6.45, 7) is 0.0828. The molecule has 1 N–H and O–H groups in total. The Morgan fingerprint density at radius 2 is 1.59 bits per heavy atom. The first-order valence-electron chi connectivity index (χ1n) is 9.07. The van der Waals surface area contributed by atoms with Gasteiger partial charge in [0.05, 0.1) is 13.7 Å². The van der Waals surface area contributed by atoms with Crippen molar-refractivity contribution in [3.05, 3.63) is 83.4 Å². The number of barbiturate groups is 1. The van der Waals surface area contributed by atoms with Crippen molar-refractivity contribution in [2.75, 3.05) is 7.11 Å². The second-order valence-electron chi connectivity index (χ2n) is 6.60. The molecule has 3 aromatic carbocycles. The van der Waals surface area contributed by atoms with E-state index in [1.54, 1.807) is 19.2 Å². The minimum Gasteiger partial charge on any atom is -0.496 e. The van der Waals surface area contributed by atoms with E-state index in [1.807, 2.05) is 54.6 Å². The molecule has 0 bridgehead atoms. The van der Waals surface area contributed by atoms with Crippen LogP contribution >= 0.6 is 0 Å². The molecule has 0 radical (unpaired) electrons. The molecule has 3 aromatic rings. The molecule has 6 heteroatoms. The summed E-state index contributed by atoms with van der Waals surface area (Å²) in [6, 6.07) is 19.5. The number of hydrogen-bond acceptors (Lipinski definition) is 4. The molecule has 1 heterocycles. The smallest absolute Gasteiger partial charge is 0.331 e. The Labute approximate surface area is 167 Å². The number of nitrogens with one attached hydrogen (secondary N) is 1. The van der Waals surface area contributed by atoms with Crippen molar-refractivity contribution in [1.29, 1.82) is 0 Å². The standard InChI is InChI=1S/C23H18N2O4/c1-29-20-12-11-16(17-9-5-6-10-18(17)20)13-19-21(26)24-23(28)25(22(19)27)14-15-7-3-2-4-8-15/h2-13H,14H2,1H3,(H,24,26,28)/b19-13+. The molecule has 1 aliphatic heterocycles. The van der Waals surface area contributed by atoms with Gasteiger partial charge in [-0.15, -0.1) is 0 Å². The largest absolute Gasteiger partial charge is 0.496 e. The van der Waals surface area contributed by atoms with E-state index in [2.05, 4.69) is 5.32 Å². The summed E-state index contributed by atoms with van der Waals surface area (Å²) in [5.41, 5.74) is 1.39. The van der Waals surface area contributed by atoms with Crippen molar-refractivity contribution in [3.8, 4) is 5.75 Å². The van der Waals surface area contributed by atoms with Crippen LogP contribution in [0.25, 0.3) is 16.8 Å². The van der Waals surface area contributed by atoms with Crippen LogP contribution in [0.3, 0.4) is 0 Å². The lowest BCUT2D eigenvalue weighted by atomic mass is 10.00. The second-order valence-corrected chi connectivity index (χ2v) is 6.60. The fraction of sp³-hybridized carbons (Fsp3) is 0.0870. The Bertz CT molecular complexity index is 1150. The van der Waals surface area contributed by atoms with Gasteiger partial charge in [0.25, 0.3) is 11.8 Å². The van der Waals surface area contributed by atoms with Gasteiger partial charge in [0.1, 0.15) is 11.3 Å². The van der Waals surface area contributed by atoms with E-state index in [9.17, 15) is 14.4 Å². The number of fused-ring (bicyclic) bond motifs is 1. The lowest BCUT2D eigenvalue weighted by molar-refractivity contribution is -0.130. The Balaban J connectivity index is 1.75. The van der Waals surface area contributed by atoms with Gasteiger partial charge < -0.3 is 4.74 Å². The van der Waals surface area contributed by atoms with Crippen molar-refractivity contribution in [1.82, 2.24) is 10.2 Å². The van der Waals surface area contributed by atoms with Crippen LogP contribution in [0.4, 0.5) is 4.79 Å². The molecule has 0 atom stereocenters. The molecular formula is C23H18N2O4. The molecule has 0 unspecified atom stereocenters. The predicted molar refractivity (Wildman–Crippen MR) is 109 cm³/mol. The molecule has 4 rings (SSSR count). The molecule has 29 heavy (non-hydrogen) atoms. The normalized spacial score (nSPS) is 15.7. The van der Waals surface area contributed by atoms with E-state index in [1.165, 1.54) is 6.08 Å². The Hall–Kier alpha value is -3.93. The van der Waals surface area contributed by atoms with Crippen molar-refractivity contribution < 1.29 is 19.1 Å². The second kappa shape index (κ2) is 7.59. The number of imide groups is 2. The number of amides is 4. The van der Waals surface area contributed by atoms with Gasteiger partial charge in [-0.05, 0) is 28.7 Å². The maximum atomic E-state index is 13.0. The highest BCUT2D eigenvalue weighted by Gasteiger charge is 2.35. The first kappa shape index (κ1) is 18.4. The summed E-state index contributed by atoms with van der Waals surface area (Å²) >= 11 is 0. The van der Waals surface area contributed by atoms with Gasteiger partial charge in [-0.3, -0.25) is 19.8 Å². The van der Waals surface area contributed by atoms with E-state index in [4.69, 9.17) is 4.74 Å². The molecule has 0 spiro atoms. The van der Waals surface area contributed by atoms with Crippen LogP contribution in [0.5, 0.6) is 5.75 Å². The third kappa shape index (κ3) is 3.48. The quantitative estimate of drug-likeness (QED) is 0.550. The van der Waals surface area contributed by atoms with E-state index < -0.39 is 17.8 Å². The van der Waals surface area contributed by atoms with Crippen molar-refractivity contribution >= 4 is 34.7 Å². The van der Waals surface area contributed by atoms with E-state index >= 15 is 0 Å². The minimum atomic E-state index is -0.722. The van der Waals surface area contributed by atoms with Crippen LogP contribution in [0, 0.1) is 0 Å². The zero-order chi connectivity index (χ0) is 20.4. The maximum absolute atomic E-state index is 13.0. The van der Waals surface area contributed by atoms with E-state index in [-0.39, 0.29) is 12.1 Å². The number of methoxy groups -OCH3 is 1. The van der Waals surface area contributed by atoms with Crippen molar-refractivity contribution in [3.63, 3.8) is 0 Å². The fourth-order valence-corrected chi connectivity index (χ4v) is 3.36. The number of carbonyl (C=O) groups is 3. The van der Waals surface area contributed by atoms with Crippen LogP contribution < -0.4 is 10.1 Å². The first-order valence-corrected chi connectivity index (χ1v) is 9.07. The maximum Gasteiger partial charge on any atom is 0.331 e. The third-order valence-corrected chi connectivity index (χ3v) is 4.81. The molecule has 0 saturated carbocycles. The lowest BCUT2D eigenvalue weighted by Crippen LogP contribution is -2.53. The SMILES string of the molecule is COc1ccc(/C=C2\C(=O)NC(=O)N(Cc3ccccc3)C2=O)c2ccccc12. The monoisotopic (exact) mass is 386 g/mol. The highest BCUT2D eigenvalue weighted by atomic mass is 16.5. The highest BCUT2D eigenvalue weighted by Crippen LogP contribution is 2.30. The van der Waals surface area contributed by atoms with Crippen LogP contribution in [0.15, 0.2) is 72.3 Å². The Morgan fingerprint density at radius 1 is 0.897 bits per heavy atom. The van der Waals surface area contributed by atoms with Crippen LogP contribution in [0.1, 0.15) is 11.1 Å². The lowest BCUT2D eigenvalue weighted by Gasteiger charge is -2.26. The molecule has 1 fully saturated rings. The summed E-state index contributed by atoms with van der Waals surface area (Å²) in [6.07, 6.45) is 1.52. The van der Waals surface area contributed by atoms with Gasteiger partial charge in [0, 0.05) is 5.39 Å².